The average Bonchev–Trinajstić information content (AvgIpc) is 2.33. The summed E-state index contributed by atoms with van der Waals surface area (Å²) in [5, 5.41) is 0. The van der Waals surface area contributed by atoms with E-state index in [0.717, 1.165) is 18.5 Å². The molecule has 0 N–H and O–H groups in total. The molecular weight excluding hydrogens is 240 g/mol. The summed E-state index contributed by atoms with van der Waals surface area (Å²) in [5.74, 6) is -0.471. The van der Waals surface area contributed by atoms with Crippen molar-refractivity contribution < 1.29 is 23.1 Å². The maximum atomic E-state index is 10.7. The Labute approximate surface area is 105 Å². The van der Waals surface area contributed by atoms with E-state index < -0.39 is 15.3 Å². The number of hydrogen-bond donors (Lipinski definition) is 0. The number of rotatable bonds is 11. The molecule has 0 aliphatic carbocycles. The fourth-order valence-corrected chi connectivity index (χ4v) is 2.83. The van der Waals surface area contributed by atoms with E-state index in [1.807, 2.05) is 13.8 Å². The lowest BCUT2D eigenvalue weighted by molar-refractivity contribution is -0.150. The molecule has 0 aromatic rings. The molecule has 0 saturated heterocycles. The van der Waals surface area contributed by atoms with Gasteiger partial charge in [-0.25, -0.2) is 4.79 Å². The second-order valence-electron chi connectivity index (χ2n) is 3.18. The Kier molecular flexibility index (Phi) is 11.3. The van der Waals surface area contributed by atoms with Gasteiger partial charge >= 0.3 is 15.3 Å². The third-order valence-electron chi connectivity index (χ3n) is 1.88. The van der Waals surface area contributed by atoms with Crippen LogP contribution in [0.3, 0.4) is 0 Å². The van der Waals surface area contributed by atoms with E-state index in [0.29, 0.717) is 19.8 Å². The first-order valence-corrected chi connectivity index (χ1v) is 7.60. The number of ether oxygens (including phenoxy) is 2. The Morgan fingerprint density at radius 1 is 1.29 bits per heavy atom. The van der Waals surface area contributed by atoms with Gasteiger partial charge in [-0.15, -0.1) is 0 Å². The highest BCUT2D eigenvalue weighted by Crippen LogP contribution is 2.02. The maximum absolute atomic E-state index is 10.7. The second kappa shape index (κ2) is 11.8. The fourth-order valence-electron chi connectivity index (χ4n) is 1.16. The second-order valence-corrected chi connectivity index (χ2v) is 5.28. The summed E-state index contributed by atoms with van der Waals surface area (Å²) in [4.78, 5) is 10.7. The van der Waals surface area contributed by atoms with Gasteiger partial charge in [0.1, 0.15) is 0 Å². The van der Waals surface area contributed by atoms with Crippen molar-refractivity contribution in [2.24, 2.45) is 0 Å². The summed E-state index contributed by atoms with van der Waals surface area (Å²) in [6.07, 6.45) is 1.96. The van der Waals surface area contributed by atoms with Gasteiger partial charge < -0.3 is 18.3 Å². The average molecular weight is 262 g/mol. The van der Waals surface area contributed by atoms with Crippen LogP contribution in [0.1, 0.15) is 20.3 Å². The van der Waals surface area contributed by atoms with E-state index in [-0.39, 0.29) is 6.79 Å². The number of carbonyl (C=O) groups is 1. The lowest BCUT2D eigenvalue weighted by atomic mass is 10.5. The summed E-state index contributed by atoms with van der Waals surface area (Å²) in [6, 6.07) is 0.900. The van der Waals surface area contributed by atoms with E-state index in [1.165, 1.54) is 0 Å². The number of carbonyl (C=O) groups excluding carboxylic acids is 1. The third kappa shape index (κ3) is 10.2. The number of esters is 1. The Hall–Kier alpha value is -0.693. The maximum Gasteiger partial charge on any atom is 0.332 e. The van der Waals surface area contributed by atoms with Crippen LogP contribution in [-0.2, 0) is 23.1 Å². The van der Waals surface area contributed by atoms with Crippen LogP contribution in [0.5, 0.6) is 0 Å². The van der Waals surface area contributed by atoms with Crippen molar-refractivity contribution in [3.63, 3.8) is 0 Å². The zero-order valence-corrected chi connectivity index (χ0v) is 11.8. The summed E-state index contributed by atoms with van der Waals surface area (Å²) >= 11 is 0. The van der Waals surface area contributed by atoms with E-state index in [1.54, 1.807) is 0 Å². The SMILES string of the molecule is C=CC(=O)OCOCCC[SiH](OCC)OCC. The Bertz CT molecular complexity index is 204. The summed E-state index contributed by atoms with van der Waals surface area (Å²) in [6.45, 7) is 9.09. The Morgan fingerprint density at radius 2 is 1.94 bits per heavy atom. The summed E-state index contributed by atoms with van der Waals surface area (Å²) in [5.41, 5.74) is 0. The molecule has 0 saturated carbocycles. The van der Waals surface area contributed by atoms with Crippen LogP contribution >= 0.6 is 0 Å². The normalized spacial score (nSPS) is 10.5. The fraction of sp³-hybridized carbons (Fsp3) is 0.727. The summed E-state index contributed by atoms with van der Waals surface area (Å²) in [7, 11) is -1.52. The molecule has 0 heterocycles. The van der Waals surface area contributed by atoms with Gasteiger partial charge in [-0.3, -0.25) is 0 Å². The molecule has 0 spiro atoms. The van der Waals surface area contributed by atoms with Crippen LogP contribution in [0, 0.1) is 0 Å². The standard InChI is InChI=1S/C11H22O5Si/c1-4-11(12)14-10-13-8-7-9-17(15-5-2)16-6-3/h4,17H,1,5-10H2,2-3H3. The quantitative estimate of drug-likeness (QED) is 0.185. The van der Waals surface area contributed by atoms with E-state index in [9.17, 15) is 4.79 Å². The topological polar surface area (TPSA) is 54.0 Å². The monoisotopic (exact) mass is 262 g/mol. The zero-order chi connectivity index (χ0) is 12.9. The van der Waals surface area contributed by atoms with Gasteiger partial charge in [0.05, 0.1) is 6.61 Å². The minimum atomic E-state index is -1.52. The molecule has 0 radical (unpaired) electrons. The molecule has 17 heavy (non-hydrogen) atoms. The van der Waals surface area contributed by atoms with Crippen LogP contribution in [0.2, 0.25) is 6.04 Å². The van der Waals surface area contributed by atoms with Gasteiger partial charge in [0.2, 0.25) is 0 Å². The molecule has 0 aromatic heterocycles. The summed E-state index contributed by atoms with van der Waals surface area (Å²) < 4.78 is 20.8. The molecule has 100 valence electrons. The van der Waals surface area contributed by atoms with Crippen molar-refractivity contribution in [2.45, 2.75) is 26.3 Å². The molecule has 0 bridgehead atoms. The van der Waals surface area contributed by atoms with Gasteiger partial charge in [-0.1, -0.05) is 6.58 Å². The van der Waals surface area contributed by atoms with E-state index in [4.69, 9.17) is 13.6 Å². The molecule has 0 aromatic carbocycles. The van der Waals surface area contributed by atoms with Crippen molar-refractivity contribution in [1.82, 2.24) is 0 Å². The molecule has 0 amide bonds. The highest BCUT2D eigenvalue weighted by atomic mass is 28.3. The van der Waals surface area contributed by atoms with E-state index >= 15 is 0 Å². The highest BCUT2D eigenvalue weighted by Gasteiger charge is 2.11. The van der Waals surface area contributed by atoms with Gasteiger partial charge in [0, 0.05) is 19.3 Å². The highest BCUT2D eigenvalue weighted by molar-refractivity contribution is 6.44. The lowest BCUT2D eigenvalue weighted by Gasteiger charge is -2.14. The molecule has 0 rings (SSSR count). The first-order chi connectivity index (χ1) is 8.24. The molecule has 0 atom stereocenters. The largest absolute Gasteiger partial charge is 0.435 e. The zero-order valence-electron chi connectivity index (χ0n) is 10.6. The molecule has 0 aliphatic rings. The third-order valence-corrected chi connectivity index (χ3v) is 4.17. The predicted octanol–water partition coefficient (Wildman–Crippen LogP) is 1.37. The predicted molar refractivity (Wildman–Crippen MR) is 66.9 cm³/mol. The first-order valence-electron chi connectivity index (χ1n) is 5.84. The minimum Gasteiger partial charge on any atom is -0.435 e. The molecule has 0 fully saturated rings. The van der Waals surface area contributed by atoms with Crippen LogP contribution < -0.4 is 0 Å². The van der Waals surface area contributed by atoms with E-state index in [2.05, 4.69) is 11.3 Å². The van der Waals surface area contributed by atoms with Crippen LogP contribution in [0.4, 0.5) is 0 Å². The smallest absolute Gasteiger partial charge is 0.332 e. The van der Waals surface area contributed by atoms with Crippen molar-refractivity contribution in [2.75, 3.05) is 26.6 Å². The van der Waals surface area contributed by atoms with Gasteiger partial charge in [0.15, 0.2) is 6.79 Å². The van der Waals surface area contributed by atoms with Crippen LogP contribution in [0.15, 0.2) is 12.7 Å². The molecule has 0 unspecified atom stereocenters. The van der Waals surface area contributed by atoms with Crippen molar-refractivity contribution in [1.29, 1.82) is 0 Å². The molecule has 6 heteroatoms. The minimum absolute atomic E-state index is 0.0274. The number of hydrogen-bond acceptors (Lipinski definition) is 5. The molecule has 5 nitrogen and oxygen atoms in total. The van der Waals surface area contributed by atoms with Crippen molar-refractivity contribution in [3.8, 4) is 0 Å². The van der Waals surface area contributed by atoms with Crippen molar-refractivity contribution in [3.05, 3.63) is 12.7 Å². The molecular formula is C11H22O5Si. The molecule has 0 aliphatic heterocycles. The Morgan fingerprint density at radius 3 is 2.47 bits per heavy atom. The Balaban J connectivity index is 3.41. The van der Waals surface area contributed by atoms with Crippen molar-refractivity contribution >= 4 is 15.3 Å². The lowest BCUT2D eigenvalue weighted by Crippen LogP contribution is -2.23. The van der Waals surface area contributed by atoms with Gasteiger partial charge in [-0.05, 0) is 26.3 Å². The van der Waals surface area contributed by atoms with Crippen LogP contribution in [-0.4, -0.2) is 41.9 Å². The first kappa shape index (κ1) is 16.3. The van der Waals surface area contributed by atoms with Gasteiger partial charge in [0.25, 0.3) is 0 Å². The van der Waals surface area contributed by atoms with Crippen LogP contribution in [0.25, 0.3) is 0 Å². The van der Waals surface area contributed by atoms with Gasteiger partial charge in [-0.2, -0.15) is 0 Å².